The van der Waals surface area contributed by atoms with Crippen LogP contribution in [0.4, 0.5) is 0 Å². The molecule has 104 valence electrons. The van der Waals surface area contributed by atoms with Crippen molar-refractivity contribution in [2.24, 2.45) is 5.92 Å². The number of thioether (sulfide) groups is 1. The molecule has 0 saturated carbocycles. The molecule has 0 amide bonds. The van der Waals surface area contributed by atoms with Gasteiger partial charge >= 0.3 is 0 Å². The minimum atomic E-state index is 0.586. The van der Waals surface area contributed by atoms with Gasteiger partial charge in [-0.1, -0.05) is 25.1 Å². The topological polar surface area (TPSA) is 21.3 Å². The summed E-state index contributed by atoms with van der Waals surface area (Å²) in [5.41, 5.74) is 1.53. The van der Waals surface area contributed by atoms with E-state index in [1.54, 1.807) is 0 Å². The molecule has 2 heterocycles. The van der Waals surface area contributed by atoms with Crippen LogP contribution in [0.1, 0.15) is 25.3 Å². The van der Waals surface area contributed by atoms with Gasteiger partial charge in [-0.3, -0.25) is 0 Å². The molecule has 1 saturated heterocycles. The average molecular weight is 277 g/mol. The number of nitrogens with one attached hydrogen (secondary N) is 1. The predicted molar refractivity (Wildman–Crippen MR) is 80.8 cm³/mol. The fraction of sp³-hybridized carbons (Fsp3) is 0.625. The first-order chi connectivity index (χ1) is 9.38. The molecule has 0 bridgehead atoms. The predicted octanol–water partition coefficient (Wildman–Crippen LogP) is 3.11. The Bertz CT molecular complexity index is 392. The summed E-state index contributed by atoms with van der Waals surface area (Å²) in [6.45, 7) is 5.15. The largest absolute Gasteiger partial charge is 0.381 e. The Labute approximate surface area is 120 Å². The standard InChI is InChI=1S/C16H23NOS/c1-2-17-16(13-7-5-9-18-11-13)15-10-12-6-3-4-8-14(12)19-15/h3-4,6,8,13,15-17H,2,5,7,9-11H2,1H3. The molecule has 1 N–H and O–H groups in total. The number of ether oxygens (including phenoxy) is 1. The van der Waals surface area contributed by atoms with E-state index in [1.165, 1.54) is 29.7 Å². The second-order valence-corrected chi connectivity index (χ2v) is 6.81. The van der Waals surface area contributed by atoms with Crippen molar-refractivity contribution in [1.82, 2.24) is 5.32 Å². The van der Waals surface area contributed by atoms with Crippen molar-refractivity contribution < 1.29 is 4.74 Å². The third kappa shape index (κ3) is 2.99. The molecule has 1 fully saturated rings. The highest BCUT2D eigenvalue weighted by atomic mass is 32.2. The zero-order valence-electron chi connectivity index (χ0n) is 11.6. The van der Waals surface area contributed by atoms with Crippen LogP contribution in [0, 0.1) is 5.92 Å². The van der Waals surface area contributed by atoms with Crippen molar-refractivity contribution >= 4 is 11.8 Å². The van der Waals surface area contributed by atoms with Crippen LogP contribution in [0.25, 0.3) is 0 Å². The summed E-state index contributed by atoms with van der Waals surface area (Å²) in [7, 11) is 0. The van der Waals surface area contributed by atoms with E-state index in [0.717, 1.165) is 19.8 Å². The first-order valence-electron chi connectivity index (χ1n) is 7.44. The molecule has 2 nitrogen and oxygen atoms in total. The van der Waals surface area contributed by atoms with Gasteiger partial charge in [0.15, 0.2) is 0 Å². The van der Waals surface area contributed by atoms with Gasteiger partial charge in [0, 0.05) is 22.8 Å². The maximum atomic E-state index is 5.70. The minimum Gasteiger partial charge on any atom is -0.381 e. The molecule has 3 unspecified atom stereocenters. The lowest BCUT2D eigenvalue weighted by Gasteiger charge is -2.34. The smallest absolute Gasteiger partial charge is 0.0509 e. The lowest BCUT2D eigenvalue weighted by molar-refractivity contribution is 0.0393. The van der Waals surface area contributed by atoms with Crippen molar-refractivity contribution in [1.29, 1.82) is 0 Å². The lowest BCUT2D eigenvalue weighted by Crippen LogP contribution is -2.46. The molecular weight excluding hydrogens is 254 g/mol. The van der Waals surface area contributed by atoms with E-state index in [9.17, 15) is 0 Å². The van der Waals surface area contributed by atoms with E-state index in [2.05, 4.69) is 48.3 Å². The molecule has 0 spiro atoms. The molecule has 2 aliphatic rings. The van der Waals surface area contributed by atoms with Crippen molar-refractivity contribution in [3.05, 3.63) is 29.8 Å². The molecule has 3 heteroatoms. The van der Waals surface area contributed by atoms with E-state index >= 15 is 0 Å². The maximum Gasteiger partial charge on any atom is 0.0509 e. The maximum absolute atomic E-state index is 5.70. The highest BCUT2D eigenvalue weighted by Crippen LogP contribution is 2.40. The number of rotatable bonds is 4. The van der Waals surface area contributed by atoms with Crippen molar-refractivity contribution in [3.63, 3.8) is 0 Å². The highest BCUT2D eigenvalue weighted by molar-refractivity contribution is 8.00. The van der Waals surface area contributed by atoms with E-state index < -0.39 is 0 Å². The highest BCUT2D eigenvalue weighted by Gasteiger charge is 2.34. The molecular formula is C16H23NOS. The Morgan fingerprint density at radius 3 is 3.05 bits per heavy atom. The van der Waals surface area contributed by atoms with Crippen LogP contribution in [-0.2, 0) is 11.2 Å². The fourth-order valence-electron chi connectivity index (χ4n) is 3.30. The quantitative estimate of drug-likeness (QED) is 0.914. The first-order valence-corrected chi connectivity index (χ1v) is 8.32. The summed E-state index contributed by atoms with van der Waals surface area (Å²) in [4.78, 5) is 1.48. The van der Waals surface area contributed by atoms with E-state index in [1.807, 2.05) is 0 Å². The van der Waals surface area contributed by atoms with Crippen LogP contribution in [0.2, 0.25) is 0 Å². The molecule has 3 rings (SSSR count). The number of hydrogen-bond donors (Lipinski definition) is 1. The molecule has 1 aromatic carbocycles. The second-order valence-electron chi connectivity index (χ2n) is 5.53. The van der Waals surface area contributed by atoms with Crippen molar-refractivity contribution in [2.75, 3.05) is 19.8 Å². The van der Waals surface area contributed by atoms with Crippen LogP contribution in [0.5, 0.6) is 0 Å². The minimum absolute atomic E-state index is 0.586. The Balaban J connectivity index is 1.71. The first kappa shape index (κ1) is 13.5. The summed E-state index contributed by atoms with van der Waals surface area (Å²) in [6.07, 6.45) is 3.73. The third-order valence-corrected chi connectivity index (χ3v) is 5.63. The van der Waals surface area contributed by atoms with Gasteiger partial charge in [-0.2, -0.15) is 0 Å². The molecule has 1 aromatic rings. The Kier molecular flexibility index (Phi) is 4.46. The number of hydrogen-bond acceptors (Lipinski definition) is 3. The molecule has 0 radical (unpaired) electrons. The van der Waals surface area contributed by atoms with Crippen molar-refractivity contribution in [3.8, 4) is 0 Å². The lowest BCUT2D eigenvalue weighted by atomic mass is 9.89. The van der Waals surface area contributed by atoms with Gasteiger partial charge in [0.25, 0.3) is 0 Å². The molecule has 0 aromatic heterocycles. The number of fused-ring (bicyclic) bond motifs is 1. The Morgan fingerprint density at radius 1 is 1.42 bits per heavy atom. The van der Waals surface area contributed by atoms with E-state index in [-0.39, 0.29) is 0 Å². The van der Waals surface area contributed by atoms with Gasteiger partial charge in [0.1, 0.15) is 0 Å². The molecule has 0 aliphatic carbocycles. The summed E-state index contributed by atoms with van der Waals surface area (Å²) in [5.74, 6) is 0.681. The normalized spacial score (nSPS) is 28.1. The van der Waals surface area contributed by atoms with E-state index in [0.29, 0.717) is 17.2 Å². The zero-order chi connectivity index (χ0) is 13.1. The molecule has 19 heavy (non-hydrogen) atoms. The van der Waals surface area contributed by atoms with Gasteiger partial charge in [-0.25, -0.2) is 0 Å². The Hall–Kier alpha value is -0.510. The van der Waals surface area contributed by atoms with Crippen LogP contribution in [0.3, 0.4) is 0 Å². The summed E-state index contributed by atoms with van der Waals surface area (Å²) in [5, 5.41) is 4.40. The summed E-state index contributed by atoms with van der Waals surface area (Å²) in [6, 6.07) is 9.44. The van der Waals surface area contributed by atoms with Crippen LogP contribution in [-0.4, -0.2) is 31.1 Å². The van der Waals surface area contributed by atoms with E-state index in [4.69, 9.17) is 4.74 Å². The van der Waals surface area contributed by atoms with Crippen LogP contribution >= 0.6 is 11.8 Å². The van der Waals surface area contributed by atoms with Gasteiger partial charge in [0.2, 0.25) is 0 Å². The van der Waals surface area contributed by atoms with Gasteiger partial charge < -0.3 is 10.1 Å². The zero-order valence-corrected chi connectivity index (χ0v) is 12.4. The monoisotopic (exact) mass is 277 g/mol. The second kappa shape index (κ2) is 6.29. The van der Waals surface area contributed by atoms with Crippen molar-refractivity contribution in [2.45, 2.75) is 42.4 Å². The fourth-order valence-corrected chi connectivity index (χ4v) is 4.81. The summed E-state index contributed by atoms with van der Waals surface area (Å²) < 4.78 is 5.70. The SMILES string of the molecule is CCNC(C1CCCOC1)C1Cc2ccccc2S1. The van der Waals surface area contributed by atoms with Gasteiger partial charge in [0.05, 0.1) is 6.61 Å². The third-order valence-electron chi connectivity index (χ3n) is 4.22. The molecule has 3 atom stereocenters. The Morgan fingerprint density at radius 2 is 2.32 bits per heavy atom. The average Bonchev–Trinajstić information content (AvgIpc) is 2.89. The molecule has 2 aliphatic heterocycles. The van der Waals surface area contributed by atoms with Crippen LogP contribution < -0.4 is 5.32 Å². The summed E-state index contributed by atoms with van der Waals surface area (Å²) >= 11 is 2.06. The van der Waals surface area contributed by atoms with Crippen LogP contribution in [0.15, 0.2) is 29.2 Å². The van der Waals surface area contributed by atoms with Gasteiger partial charge in [-0.05, 0) is 43.4 Å². The number of benzene rings is 1. The van der Waals surface area contributed by atoms with Gasteiger partial charge in [-0.15, -0.1) is 11.8 Å².